The third-order valence-electron chi connectivity index (χ3n) is 2.45. The standard InChI is InChI=1S/C10H16BrNO2/c1-6(2)7(5-12)9(13)10-8(11)3-4-14-10/h3-4,6-7,9,13H,5,12H2,1-2H3. The van der Waals surface area contributed by atoms with Crippen molar-refractivity contribution in [1.82, 2.24) is 0 Å². The van der Waals surface area contributed by atoms with Gasteiger partial charge in [-0.3, -0.25) is 0 Å². The van der Waals surface area contributed by atoms with Crippen LogP contribution in [0.1, 0.15) is 25.7 Å². The highest BCUT2D eigenvalue weighted by atomic mass is 79.9. The highest BCUT2D eigenvalue weighted by Crippen LogP contribution is 2.32. The Balaban J connectivity index is 2.83. The maximum absolute atomic E-state index is 10.0. The van der Waals surface area contributed by atoms with Crippen molar-refractivity contribution < 1.29 is 9.52 Å². The molecular formula is C10H16BrNO2. The summed E-state index contributed by atoms with van der Waals surface area (Å²) in [5.74, 6) is 0.915. The average Bonchev–Trinajstić information content (AvgIpc) is 2.51. The minimum absolute atomic E-state index is 0.0254. The smallest absolute Gasteiger partial charge is 0.146 e. The first-order valence-corrected chi connectivity index (χ1v) is 5.48. The largest absolute Gasteiger partial charge is 0.465 e. The SMILES string of the molecule is CC(C)C(CN)C(O)c1occc1Br. The molecule has 1 heterocycles. The molecule has 0 amide bonds. The van der Waals surface area contributed by atoms with Crippen LogP contribution < -0.4 is 5.73 Å². The zero-order valence-corrected chi connectivity index (χ0v) is 9.99. The summed E-state index contributed by atoms with van der Waals surface area (Å²) in [6.45, 7) is 4.53. The van der Waals surface area contributed by atoms with E-state index in [1.54, 1.807) is 12.3 Å². The van der Waals surface area contributed by atoms with Crippen molar-refractivity contribution in [3.63, 3.8) is 0 Å². The van der Waals surface area contributed by atoms with Gasteiger partial charge in [-0.1, -0.05) is 13.8 Å². The molecule has 0 aliphatic heterocycles. The molecular weight excluding hydrogens is 246 g/mol. The summed E-state index contributed by atoms with van der Waals surface area (Å²) in [5, 5.41) is 10.0. The van der Waals surface area contributed by atoms with E-state index in [2.05, 4.69) is 15.9 Å². The minimum atomic E-state index is -0.635. The second kappa shape index (κ2) is 4.96. The monoisotopic (exact) mass is 261 g/mol. The summed E-state index contributed by atoms with van der Waals surface area (Å²) in [6.07, 6.45) is 0.917. The van der Waals surface area contributed by atoms with Gasteiger partial charge in [-0.15, -0.1) is 0 Å². The van der Waals surface area contributed by atoms with Crippen molar-refractivity contribution in [2.24, 2.45) is 17.6 Å². The van der Waals surface area contributed by atoms with Crippen LogP contribution in [0.5, 0.6) is 0 Å². The van der Waals surface area contributed by atoms with Crippen LogP contribution in [0.3, 0.4) is 0 Å². The first kappa shape index (κ1) is 11.8. The van der Waals surface area contributed by atoms with Crippen LogP contribution in [0, 0.1) is 11.8 Å². The molecule has 1 rings (SSSR count). The molecule has 0 fully saturated rings. The average molecular weight is 262 g/mol. The first-order chi connectivity index (χ1) is 6.57. The van der Waals surface area contributed by atoms with Gasteiger partial charge in [-0.25, -0.2) is 0 Å². The van der Waals surface area contributed by atoms with Crippen LogP contribution in [0.25, 0.3) is 0 Å². The van der Waals surface area contributed by atoms with E-state index >= 15 is 0 Å². The number of hydrogen-bond acceptors (Lipinski definition) is 3. The normalized spacial score (nSPS) is 15.9. The molecule has 4 heteroatoms. The summed E-state index contributed by atoms with van der Waals surface area (Å²) in [7, 11) is 0. The fraction of sp³-hybridized carbons (Fsp3) is 0.600. The molecule has 1 aromatic heterocycles. The lowest BCUT2D eigenvalue weighted by atomic mass is 9.89. The zero-order chi connectivity index (χ0) is 10.7. The number of furan rings is 1. The van der Waals surface area contributed by atoms with E-state index in [-0.39, 0.29) is 5.92 Å². The lowest BCUT2D eigenvalue weighted by Crippen LogP contribution is -2.26. The molecule has 0 spiro atoms. The van der Waals surface area contributed by atoms with Crippen LogP contribution in [0.2, 0.25) is 0 Å². The highest BCUT2D eigenvalue weighted by Gasteiger charge is 2.26. The number of hydrogen-bond donors (Lipinski definition) is 2. The van der Waals surface area contributed by atoms with Gasteiger partial charge < -0.3 is 15.3 Å². The number of rotatable bonds is 4. The number of aliphatic hydroxyl groups excluding tert-OH is 1. The Labute approximate surface area is 92.4 Å². The van der Waals surface area contributed by atoms with Gasteiger partial charge in [0.05, 0.1) is 10.7 Å². The molecule has 0 bridgehead atoms. The van der Waals surface area contributed by atoms with Gasteiger partial charge in [-0.2, -0.15) is 0 Å². The highest BCUT2D eigenvalue weighted by molar-refractivity contribution is 9.10. The maximum Gasteiger partial charge on any atom is 0.146 e. The molecule has 80 valence electrons. The van der Waals surface area contributed by atoms with Crippen LogP contribution in [0.15, 0.2) is 21.2 Å². The molecule has 0 aliphatic carbocycles. The van der Waals surface area contributed by atoms with Crippen molar-refractivity contribution in [1.29, 1.82) is 0 Å². The van der Waals surface area contributed by atoms with E-state index in [1.807, 2.05) is 13.8 Å². The van der Waals surface area contributed by atoms with Crippen LogP contribution in [-0.4, -0.2) is 11.7 Å². The van der Waals surface area contributed by atoms with Crippen LogP contribution in [-0.2, 0) is 0 Å². The summed E-state index contributed by atoms with van der Waals surface area (Å²) in [6, 6.07) is 1.77. The Morgan fingerprint density at radius 3 is 2.57 bits per heavy atom. The minimum Gasteiger partial charge on any atom is -0.465 e. The third-order valence-corrected chi connectivity index (χ3v) is 3.10. The van der Waals surface area contributed by atoms with Gasteiger partial charge in [-0.05, 0) is 34.5 Å². The summed E-state index contributed by atoms with van der Waals surface area (Å²) < 4.78 is 6.00. The molecule has 0 saturated carbocycles. The van der Waals surface area contributed by atoms with Gasteiger partial charge in [0.2, 0.25) is 0 Å². The molecule has 2 unspecified atom stereocenters. The van der Waals surface area contributed by atoms with Gasteiger partial charge in [0, 0.05) is 5.92 Å². The summed E-state index contributed by atoms with van der Waals surface area (Å²) >= 11 is 3.32. The summed E-state index contributed by atoms with van der Waals surface area (Å²) in [4.78, 5) is 0. The maximum atomic E-state index is 10.0. The lowest BCUT2D eigenvalue weighted by Gasteiger charge is -2.23. The van der Waals surface area contributed by atoms with E-state index < -0.39 is 6.10 Å². The summed E-state index contributed by atoms with van der Waals surface area (Å²) in [5.41, 5.74) is 5.61. The molecule has 0 aromatic carbocycles. The van der Waals surface area contributed by atoms with Crippen LogP contribution in [0.4, 0.5) is 0 Å². The van der Waals surface area contributed by atoms with Crippen molar-refractivity contribution in [2.75, 3.05) is 6.54 Å². The van der Waals surface area contributed by atoms with Gasteiger partial charge in [0.25, 0.3) is 0 Å². The fourth-order valence-corrected chi connectivity index (χ4v) is 1.91. The number of halogens is 1. The van der Waals surface area contributed by atoms with E-state index in [1.165, 1.54) is 0 Å². The predicted molar refractivity (Wildman–Crippen MR) is 58.8 cm³/mol. The molecule has 1 aromatic rings. The Kier molecular flexibility index (Phi) is 4.16. The Morgan fingerprint density at radius 1 is 1.57 bits per heavy atom. The molecule has 0 aliphatic rings. The predicted octanol–water partition coefficient (Wildman–Crippen LogP) is 2.31. The second-order valence-electron chi connectivity index (χ2n) is 3.72. The van der Waals surface area contributed by atoms with E-state index in [0.29, 0.717) is 18.2 Å². The lowest BCUT2D eigenvalue weighted by molar-refractivity contribution is 0.0654. The second-order valence-corrected chi connectivity index (χ2v) is 4.58. The van der Waals surface area contributed by atoms with Gasteiger partial charge in [0.15, 0.2) is 0 Å². The van der Waals surface area contributed by atoms with Gasteiger partial charge >= 0.3 is 0 Å². The number of nitrogens with two attached hydrogens (primary N) is 1. The zero-order valence-electron chi connectivity index (χ0n) is 8.40. The molecule has 2 atom stereocenters. The third kappa shape index (κ3) is 2.38. The Bertz CT molecular complexity index is 285. The van der Waals surface area contributed by atoms with Crippen molar-refractivity contribution in [2.45, 2.75) is 20.0 Å². The van der Waals surface area contributed by atoms with Crippen molar-refractivity contribution in [3.8, 4) is 0 Å². The quantitative estimate of drug-likeness (QED) is 0.875. The van der Waals surface area contributed by atoms with E-state index in [0.717, 1.165) is 4.47 Å². The van der Waals surface area contributed by atoms with Gasteiger partial charge in [0.1, 0.15) is 11.9 Å². The molecule has 0 saturated heterocycles. The molecule has 0 radical (unpaired) electrons. The van der Waals surface area contributed by atoms with E-state index in [9.17, 15) is 5.11 Å². The molecule has 14 heavy (non-hydrogen) atoms. The van der Waals surface area contributed by atoms with Crippen molar-refractivity contribution in [3.05, 3.63) is 22.6 Å². The Hall–Kier alpha value is -0.320. The number of aliphatic hydroxyl groups is 1. The molecule has 3 N–H and O–H groups in total. The Morgan fingerprint density at radius 2 is 2.21 bits per heavy atom. The topological polar surface area (TPSA) is 59.4 Å². The van der Waals surface area contributed by atoms with Crippen LogP contribution >= 0.6 is 15.9 Å². The van der Waals surface area contributed by atoms with E-state index in [4.69, 9.17) is 10.2 Å². The fourth-order valence-electron chi connectivity index (χ4n) is 1.48. The van der Waals surface area contributed by atoms with Crippen molar-refractivity contribution >= 4 is 15.9 Å². The molecule has 3 nitrogen and oxygen atoms in total. The first-order valence-electron chi connectivity index (χ1n) is 4.69.